The minimum absolute atomic E-state index is 0.207. The molecule has 1 rings (SSSR count). The normalized spacial score (nSPS) is 19.7. The molecule has 1 heterocycles. The minimum Gasteiger partial charge on any atom is -0.341 e. The van der Waals surface area contributed by atoms with Gasteiger partial charge in [0.2, 0.25) is 5.91 Å². The Morgan fingerprint density at radius 1 is 1.47 bits per heavy atom. The molecule has 0 radical (unpaired) electrons. The first-order valence-corrected chi connectivity index (χ1v) is 5.96. The van der Waals surface area contributed by atoms with Crippen LogP contribution in [0.1, 0.15) is 40.5 Å². The lowest BCUT2D eigenvalue weighted by atomic mass is 9.86. The Morgan fingerprint density at radius 3 is 2.53 bits per heavy atom. The third-order valence-corrected chi connectivity index (χ3v) is 3.07. The molecule has 0 aliphatic carbocycles. The van der Waals surface area contributed by atoms with E-state index in [1.54, 1.807) is 0 Å². The SMILES string of the molecule is CCN[C@H](CN1CCCC1=O)C(C)(C)C. The van der Waals surface area contributed by atoms with Crippen molar-refractivity contribution in [2.45, 2.75) is 46.6 Å². The number of nitrogens with zero attached hydrogens (tertiary/aromatic N) is 1. The van der Waals surface area contributed by atoms with Crippen LogP contribution in [0.3, 0.4) is 0 Å². The first kappa shape index (κ1) is 12.5. The molecule has 88 valence electrons. The fourth-order valence-electron chi connectivity index (χ4n) is 2.01. The van der Waals surface area contributed by atoms with Gasteiger partial charge >= 0.3 is 0 Å². The molecule has 3 nitrogen and oxygen atoms in total. The van der Waals surface area contributed by atoms with E-state index in [1.807, 2.05) is 4.90 Å². The molecule has 1 amide bonds. The average molecular weight is 212 g/mol. The van der Waals surface area contributed by atoms with Crippen LogP contribution in [0.5, 0.6) is 0 Å². The number of likely N-dealkylation sites (tertiary alicyclic amines) is 1. The summed E-state index contributed by atoms with van der Waals surface area (Å²) in [7, 11) is 0. The van der Waals surface area contributed by atoms with Crippen LogP contribution >= 0.6 is 0 Å². The van der Waals surface area contributed by atoms with E-state index in [1.165, 1.54) is 0 Å². The second kappa shape index (κ2) is 4.97. The number of hydrogen-bond donors (Lipinski definition) is 1. The quantitative estimate of drug-likeness (QED) is 0.768. The molecule has 0 saturated carbocycles. The summed E-state index contributed by atoms with van der Waals surface area (Å²) >= 11 is 0. The molecule has 3 heteroatoms. The van der Waals surface area contributed by atoms with Gasteiger partial charge in [-0.1, -0.05) is 27.7 Å². The van der Waals surface area contributed by atoms with Crippen LogP contribution in [0.4, 0.5) is 0 Å². The summed E-state index contributed by atoms with van der Waals surface area (Å²) in [6.07, 6.45) is 1.77. The lowest BCUT2D eigenvalue weighted by Gasteiger charge is -2.34. The Morgan fingerprint density at radius 2 is 2.13 bits per heavy atom. The van der Waals surface area contributed by atoms with Crippen LogP contribution in [0.2, 0.25) is 0 Å². The molecule has 1 fully saturated rings. The summed E-state index contributed by atoms with van der Waals surface area (Å²) < 4.78 is 0. The van der Waals surface area contributed by atoms with Gasteiger partial charge in [0.15, 0.2) is 0 Å². The van der Waals surface area contributed by atoms with Gasteiger partial charge in [0.25, 0.3) is 0 Å². The molecule has 1 saturated heterocycles. The van der Waals surface area contributed by atoms with Crippen molar-refractivity contribution in [3.05, 3.63) is 0 Å². The second-order valence-electron chi connectivity index (χ2n) is 5.42. The van der Waals surface area contributed by atoms with Crippen molar-refractivity contribution in [3.63, 3.8) is 0 Å². The molecule has 0 bridgehead atoms. The molecule has 0 unspecified atom stereocenters. The van der Waals surface area contributed by atoms with Crippen molar-refractivity contribution in [2.75, 3.05) is 19.6 Å². The maximum Gasteiger partial charge on any atom is 0.222 e. The number of carbonyl (C=O) groups is 1. The van der Waals surface area contributed by atoms with Gasteiger partial charge < -0.3 is 10.2 Å². The highest BCUT2D eigenvalue weighted by Gasteiger charge is 2.29. The van der Waals surface area contributed by atoms with Crippen molar-refractivity contribution in [1.29, 1.82) is 0 Å². The van der Waals surface area contributed by atoms with E-state index in [0.29, 0.717) is 11.9 Å². The molecule has 1 aliphatic heterocycles. The molecular weight excluding hydrogens is 188 g/mol. The van der Waals surface area contributed by atoms with E-state index in [2.05, 4.69) is 33.0 Å². The van der Waals surface area contributed by atoms with E-state index in [4.69, 9.17) is 0 Å². The third-order valence-electron chi connectivity index (χ3n) is 3.07. The Labute approximate surface area is 93.2 Å². The van der Waals surface area contributed by atoms with Crippen molar-refractivity contribution < 1.29 is 4.79 Å². The predicted octanol–water partition coefficient (Wildman–Crippen LogP) is 1.63. The summed E-state index contributed by atoms with van der Waals surface area (Å²) in [5, 5.41) is 3.48. The zero-order valence-electron chi connectivity index (χ0n) is 10.5. The summed E-state index contributed by atoms with van der Waals surface area (Å²) in [5.41, 5.74) is 0.207. The van der Waals surface area contributed by atoms with E-state index >= 15 is 0 Å². The fourth-order valence-corrected chi connectivity index (χ4v) is 2.01. The molecule has 0 aromatic carbocycles. The number of amides is 1. The van der Waals surface area contributed by atoms with E-state index in [0.717, 1.165) is 32.5 Å². The Hall–Kier alpha value is -0.570. The average Bonchev–Trinajstić information content (AvgIpc) is 2.49. The van der Waals surface area contributed by atoms with Gasteiger partial charge in [-0.3, -0.25) is 4.79 Å². The van der Waals surface area contributed by atoms with E-state index in [9.17, 15) is 4.79 Å². The molecule has 0 aromatic rings. The fraction of sp³-hybridized carbons (Fsp3) is 0.917. The van der Waals surface area contributed by atoms with Crippen LogP contribution in [0.15, 0.2) is 0 Å². The number of likely N-dealkylation sites (N-methyl/N-ethyl adjacent to an activating group) is 1. The molecule has 15 heavy (non-hydrogen) atoms. The first-order chi connectivity index (χ1) is 6.95. The van der Waals surface area contributed by atoms with Gasteiger partial charge in [-0.05, 0) is 18.4 Å². The topological polar surface area (TPSA) is 32.3 Å². The largest absolute Gasteiger partial charge is 0.341 e. The van der Waals surface area contributed by atoms with Gasteiger partial charge in [-0.15, -0.1) is 0 Å². The van der Waals surface area contributed by atoms with Gasteiger partial charge in [0.05, 0.1) is 0 Å². The number of rotatable bonds is 4. The summed E-state index contributed by atoms with van der Waals surface area (Å²) in [6.45, 7) is 11.5. The van der Waals surface area contributed by atoms with Crippen molar-refractivity contribution in [1.82, 2.24) is 10.2 Å². The standard InChI is InChI=1S/C12H24N2O/c1-5-13-10(12(2,3)4)9-14-8-6-7-11(14)15/h10,13H,5-9H2,1-4H3/t10-/m1/s1. The zero-order valence-corrected chi connectivity index (χ0v) is 10.5. The second-order valence-corrected chi connectivity index (χ2v) is 5.42. The molecule has 1 aliphatic rings. The number of carbonyl (C=O) groups excluding carboxylic acids is 1. The van der Waals surface area contributed by atoms with Crippen molar-refractivity contribution >= 4 is 5.91 Å². The van der Waals surface area contributed by atoms with Crippen LogP contribution in [0.25, 0.3) is 0 Å². The maximum absolute atomic E-state index is 11.5. The maximum atomic E-state index is 11.5. The summed E-state index contributed by atoms with van der Waals surface area (Å²) in [6, 6.07) is 0.393. The van der Waals surface area contributed by atoms with Crippen LogP contribution in [-0.4, -0.2) is 36.5 Å². The van der Waals surface area contributed by atoms with Crippen LogP contribution in [0, 0.1) is 5.41 Å². The number of nitrogens with one attached hydrogen (secondary N) is 1. The Balaban J connectivity index is 2.54. The lowest BCUT2D eigenvalue weighted by Crippen LogP contribution is -2.48. The molecule has 1 N–H and O–H groups in total. The number of hydrogen-bond acceptors (Lipinski definition) is 2. The third kappa shape index (κ3) is 3.49. The molecule has 0 aromatic heterocycles. The zero-order chi connectivity index (χ0) is 11.5. The Bertz CT molecular complexity index is 220. The van der Waals surface area contributed by atoms with Gasteiger partial charge in [-0.25, -0.2) is 0 Å². The van der Waals surface area contributed by atoms with Gasteiger partial charge in [0.1, 0.15) is 0 Å². The van der Waals surface area contributed by atoms with Crippen LogP contribution < -0.4 is 5.32 Å². The Kier molecular flexibility index (Phi) is 4.14. The summed E-state index contributed by atoms with van der Waals surface area (Å²) in [4.78, 5) is 13.5. The molecular formula is C12H24N2O. The van der Waals surface area contributed by atoms with Gasteiger partial charge in [-0.2, -0.15) is 0 Å². The molecule has 1 atom stereocenters. The van der Waals surface area contributed by atoms with E-state index < -0.39 is 0 Å². The highest BCUT2D eigenvalue weighted by molar-refractivity contribution is 5.78. The monoisotopic (exact) mass is 212 g/mol. The highest BCUT2D eigenvalue weighted by Crippen LogP contribution is 2.22. The highest BCUT2D eigenvalue weighted by atomic mass is 16.2. The first-order valence-electron chi connectivity index (χ1n) is 5.96. The van der Waals surface area contributed by atoms with E-state index in [-0.39, 0.29) is 5.41 Å². The minimum atomic E-state index is 0.207. The van der Waals surface area contributed by atoms with Crippen molar-refractivity contribution in [3.8, 4) is 0 Å². The van der Waals surface area contributed by atoms with Crippen LogP contribution in [-0.2, 0) is 4.79 Å². The predicted molar refractivity (Wildman–Crippen MR) is 62.7 cm³/mol. The summed E-state index contributed by atoms with van der Waals surface area (Å²) in [5.74, 6) is 0.321. The van der Waals surface area contributed by atoms with Crippen molar-refractivity contribution in [2.24, 2.45) is 5.41 Å². The smallest absolute Gasteiger partial charge is 0.222 e. The van der Waals surface area contributed by atoms with Gasteiger partial charge in [0, 0.05) is 25.6 Å². The molecule has 0 spiro atoms. The lowest BCUT2D eigenvalue weighted by molar-refractivity contribution is -0.128.